The van der Waals surface area contributed by atoms with E-state index in [1.165, 1.54) is 47.4 Å². The fourth-order valence-corrected chi connectivity index (χ4v) is 4.12. The van der Waals surface area contributed by atoms with Crippen LogP contribution in [0.5, 0.6) is 5.75 Å². The molecule has 0 aliphatic carbocycles. The van der Waals surface area contributed by atoms with Crippen molar-refractivity contribution in [2.45, 2.75) is 23.7 Å². The fourth-order valence-electron chi connectivity index (χ4n) is 2.44. The molecule has 1 aromatic carbocycles. The van der Waals surface area contributed by atoms with E-state index in [0.717, 1.165) is 0 Å². The number of thioether (sulfide) groups is 1. The lowest BCUT2D eigenvalue weighted by Gasteiger charge is -2.31. The SMILES string of the molecule is CC1CN(C(=O)CSc2nnc(Nc3ccc(OC(F)(F)F)cc3)s2)CCO1. The van der Waals surface area contributed by atoms with Crippen molar-refractivity contribution in [3.63, 3.8) is 0 Å². The molecule has 0 saturated carbocycles. The maximum absolute atomic E-state index is 12.2. The molecule has 2 aromatic rings. The summed E-state index contributed by atoms with van der Waals surface area (Å²) in [6, 6.07) is 5.29. The van der Waals surface area contributed by atoms with Gasteiger partial charge in [-0.1, -0.05) is 23.1 Å². The molecule has 1 unspecified atom stereocenters. The van der Waals surface area contributed by atoms with Crippen LogP contribution >= 0.6 is 23.1 Å². The lowest BCUT2D eigenvalue weighted by atomic mass is 10.3. The Bertz CT molecular complexity index is 801. The van der Waals surface area contributed by atoms with Crippen LogP contribution in [0.25, 0.3) is 0 Å². The summed E-state index contributed by atoms with van der Waals surface area (Å²) in [4.78, 5) is 14.0. The van der Waals surface area contributed by atoms with Crippen molar-refractivity contribution in [1.82, 2.24) is 15.1 Å². The molecule has 2 heterocycles. The van der Waals surface area contributed by atoms with Crippen LogP contribution in [0.4, 0.5) is 24.0 Å². The number of benzene rings is 1. The Kier molecular flexibility index (Phi) is 6.62. The monoisotopic (exact) mass is 434 g/mol. The highest BCUT2D eigenvalue weighted by Crippen LogP contribution is 2.29. The molecule has 12 heteroatoms. The summed E-state index contributed by atoms with van der Waals surface area (Å²) in [5.41, 5.74) is 0.542. The van der Waals surface area contributed by atoms with Crippen molar-refractivity contribution in [1.29, 1.82) is 0 Å². The molecule has 1 N–H and O–H groups in total. The van der Waals surface area contributed by atoms with Gasteiger partial charge in [0.1, 0.15) is 5.75 Å². The average Bonchev–Trinajstić information content (AvgIpc) is 3.07. The maximum Gasteiger partial charge on any atom is 0.573 e. The zero-order chi connectivity index (χ0) is 20.1. The number of alkyl halides is 3. The van der Waals surface area contributed by atoms with E-state index in [9.17, 15) is 18.0 Å². The van der Waals surface area contributed by atoms with Crippen LogP contribution in [-0.2, 0) is 9.53 Å². The van der Waals surface area contributed by atoms with Crippen LogP contribution in [0, 0.1) is 0 Å². The van der Waals surface area contributed by atoms with Crippen LogP contribution < -0.4 is 10.1 Å². The highest BCUT2D eigenvalue weighted by molar-refractivity contribution is 8.01. The number of anilines is 2. The van der Waals surface area contributed by atoms with Crippen molar-refractivity contribution in [3.05, 3.63) is 24.3 Å². The van der Waals surface area contributed by atoms with Crippen LogP contribution in [0.2, 0.25) is 0 Å². The number of hydrogen-bond donors (Lipinski definition) is 1. The van der Waals surface area contributed by atoms with Gasteiger partial charge in [-0.3, -0.25) is 4.79 Å². The first-order chi connectivity index (χ1) is 13.3. The Balaban J connectivity index is 1.49. The highest BCUT2D eigenvalue weighted by atomic mass is 32.2. The molecule has 0 radical (unpaired) electrons. The molecule has 1 aromatic heterocycles. The number of rotatable bonds is 6. The van der Waals surface area contributed by atoms with Gasteiger partial charge in [-0.15, -0.1) is 23.4 Å². The molecule has 0 bridgehead atoms. The third-order valence-corrected chi connectivity index (χ3v) is 5.62. The van der Waals surface area contributed by atoms with E-state index in [2.05, 4.69) is 20.3 Å². The minimum absolute atomic E-state index is 0.0186. The molecule has 1 aliphatic rings. The van der Waals surface area contributed by atoms with Crippen LogP contribution in [0.15, 0.2) is 28.6 Å². The molecular formula is C16H17F3N4O3S2. The van der Waals surface area contributed by atoms with Gasteiger partial charge in [0.15, 0.2) is 4.34 Å². The predicted octanol–water partition coefficient (Wildman–Crippen LogP) is 3.52. The van der Waals surface area contributed by atoms with Gasteiger partial charge in [-0.05, 0) is 31.2 Å². The largest absolute Gasteiger partial charge is 0.573 e. The quantitative estimate of drug-likeness (QED) is 0.697. The Morgan fingerprint density at radius 3 is 2.82 bits per heavy atom. The van der Waals surface area contributed by atoms with E-state index in [1.807, 2.05) is 6.92 Å². The number of morpholine rings is 1. The summed E-state index contributed by atoms with van der Waals surface area (Å²) < 4.78 is 46.4. The van der Waals surface area contributed by atoms with E-state index < -0.39 is 6.36 Å². The molecule has 1 amide bonds. The van der Waals surface area contributed by atoms with Gasteiger partial charge in [0.25, 0.3) is 0 Å². The number of amides is 1. The van der Waals surface area contributed by atoms with Crippen molar-refractivity contribution >= 4 is 39.8 Å². The van der Waals surface area contributed by atoms with E-state index in [-0.39, 0.29) is 23.5 Å². The molecule has 3 rings (SSSR count). The third kappa shape index (κ3) is 6.24. The fraction of sp³-hybridized carbons (Fsp3) is 0.438. The number of nitrogens with zero attached hydrogens (tertiary/aromatic N) is 3. The molecule has 7 nitrogen and oxygen atoms in total. The van der Waals surface area contributed by atoms with Crippen molar-refractivity contribution in [3.8, 4) is 5.75 Å². The first kappa shape index (κ1) is 20.7. The molecule has 28 heavy (non-hydrogen) atoms. The minimum Gasteiger partial charge on any atom is -0.406 e. The Labute approximate surface area is 167 Å². The predicted molar refractivity (Wildman–Crippen MR) is 99.0 cm³/mol. The minimum atomic E-state index is -4.73. The molecule has 152 valence electrons. The summed E-state index contributed by atoms with van der Waals surface area (Å²) >= 11 is 2.55. The summed E-state index contributed by atoms with van der Waals surface area (Å²) in [6.45, 7) is 3.63. The van der Waals surface area contributed by atoms with Gasteiger partial charge in [-0.2, -0.15) is 0 Å². The van der Waals surface area contributed by atoms with Gasteiger partial charge in [-0.25, -0.2) is 0 Å². The van der Waals surface area contributed by atoms with Gasteiger partial charge < -0.3 is 19.7 Å². The second-order valence-electron chi connectivity index (χ2n) is 5.88. The standard InChI is InChI=1S/C16H17F3N4O3S2/c1-10-8-23(6-7-25-10)13(24)9-27-15-22-21-14(28-15)20-11-2-4-12(5-3-11)26-16(17,18)19/h2-5,10H,6-9H2,1H3,(H,20,21). The van der Waals surface area contributed by atoms with Crippen LogP contribution in [-0.4, -0.2) is 58.9 Å². The highest BCUT2D eigenvalue weighted by Gasteiger charge is 2.31. The Morgan fingerprint density at radius 2 is 2.14 bits per heavy atom. The number of carbonyl (C=O) groups is 1. The Morgan fingerprint density at radius 1 is 1.39 bits per heavy atom. The molecule has 0 spiro atoms. The number of hydrogen-bond acceptors (Lipinski definition) is 8. The third-order valence-electron chi connectivity index (χ3n) is 3.66. The van der Waals surface area contributed by atoms with Gasteiger partial charge in [0.2, 0.25) is 11.0 Å². The summed E-state index contributed by atoms with van der Waals surface area (Å²) in [5.74, 6) is -0.0298. The van der Waals surface area contributed by atoms with Crippen molar-refractivity contribution in [2.75, 3.05) is 30.8 Å². The van der Waals surface area contributed by atoms with Crippen molar-refractivity contribution in [2.24, 2.45) is 0 Å². The summed E-state index contributed by atoms with van der Waals surface area (Å²) in [5, 5.41) is 11.4. The zero-order valence-corrected chi connectivity index (χ0v) is 16.4. The van der Waals surface area contributed by atoms with Crippen LogP contribution in [0.1, 0.15) is 6.92 Å². The van der Waals surface area contributed by atoms with E-state index in [1.54, 1.807) is 4.90 Å². The average molecular weight is 434 g/mol. The summed E-state index contributed by atoms with van der Waals surface area (Å²) in [6.07, 6.45) is -4.69. The lowest BCUT2D eigenvalue weighted by Crippen LogP contribution is -2.45. The Hall–Kier alpha value is -2.05. The van der Waals surface area contributed by atoms with E-state index in [0.29, 0.717) is 34.9 Å². The molecule has 1 saturated heterocycles. The zero-order valence-electron chi connectivity index (χ0n) is 14.7. The normalized spacial score (nSPS) is 17.4. The number of halogens is 3. The molecule has 1 aliphatic heterocycles. The number of carbonyl (C=O) groups excluding carboxylic acids is 1. The number of aromatic nitrogens is 2. The van der Waals surface area contributed by atoms with Crippen LogP contribution in [0.3, 0.4) is 0 Å². The second kappa shape index (κ2) is 8.97. The van der Waals surface area contributed by atoms with Gasteiger partial charge in [0, 0.05) is 18.8 Å². The maximum atomic E-state index is 12.2. The van der Waals surface area contributed by atoms with Gasteiger partial charge in [0.05, 0.1) is 18.5 Å². The second-order valence-corrected chi connectivity index (χ2v) is 8.08. The van der Waals surface area contributed by atoms with E-state index >= 15 is 0 Å². The molecular weight excluding hydrogens is 417 g/mol. The smallest absolute Gasteiger partial charge is 0.406 e. The lowest BCUT2D eigenvalue weighted by molar-refractivity contribution is -0.274. The topological polar surface area (TPSA) is 76.6 Å². The number of ether oxygens (including phenoxy) is 2. The number of nitrogens with one attached hydrogen (secondary N) is 1. The summed E-state index contributed by atoms with van der Waals surface area (Å²) in [7, 11) is 0. The molecule has 1 atom stereocenters. The van der Waals surface area contributed by atoms with Crippen molar-refractivity contribution < 1.29 is 27.4 Å². The molecule has 1 fully saturated rings. The first-order valence-electron chi connectivity index (χ1n) is 8.27. The van der Waals surface area contributed by atoms with E-state index in [4.69, 9.17) is 4.74 Å². The van der Waals surface area contributed by atoms with Gasteiger partial charge >= 0.3 is 6.36 Å². The first-order valence-corrected chi connectivity index (χ1v) is 10.1.